The molecule has 0 radical (unpaired) electrons. The molecule has 1 N–H and O–H groups in total. The molecule has 0 unspecified atom stereocenters. The highest BCUT2D eigenvalue weighted by molar-refractivity contribution is 9.10. The van der Waals surface area contributed by atoms with Gasteiger partial charge in [-0.05, 0) is 39.7 Å². The number of carbonyl (C=O) groups is 2. The van der Waals surface area contributed by atoms with Crippen LogP contribution in [0.3, 0.4) is 0 Å². The van der Waals surface area contributed by atoms with Gasteiger partial charge in [0.25, 0.3) is 5.91 Å². The average molecular weight is 444 g/mol. The number of fused-ring (bicyclic) bond motifs is 1. The number of hydrogen-bond acceptors (Lipinski definition) is 4. The summed E-state index contributed by atoms with van der Waals surface area (Å²) in [7, 11) is 0. The average Bonchev–Trinajstić information content (AvgIpc) is 3.28. The van der Waals surface area contributed by atoms with Crippen LogP contribution in [0.5, 0.6) is 0 Å². The van der Waals surface area contributed by atoms with Gasteiger partial charge in [0, 0.05) is 18.1 Å². The number of halogens is 2. The second-order valence-electron chi connectivity index (χ2n) is 6.53. The fourth-order valence-electron chi connectivity index (χ4n) is 3.59. The highest BCUT2D eigenvalue weighted by Gasteiger charge is 2.29. The summed E-state index contributed by atoms with van der Waals surface area (Å²) < 4.78 is 21.5. The third-order valence-electron chi connectivity index (χ3n) is 4.83. The minimum Gasteiger partial charge on any atom is -0.478 e. The summed E-state index contributed by atoms with van der Waals surface area (Å²) in [6.07, 6.45) is 3.31. The van der Waals surface area contributed by atoms with E-state index in [1.54, 1.807) is 21.7 Å². The first-order valence-electron chi connectivity index (χ1n) is 8.32. The van der Waals surface area contributed by atoms with Crippen LogP contribution in [0.25, 0.3) is 16.5 Å². The zero-order chi connectivity index (χ0) is 19.6. The summed E-state index contributed by atoms with van der Waals surface area (Å²) in [6, 6.07) is 6.24. The first-order chi connectivity index (χ1) is 13.4. The normalized spacial score (nSPS) is 13.6. The van der Waals surface area contributed by atoms with Gasteiger partial charge in [0.1, 0.15) is 22.7 Å². The van der Waals surface area contributed by atoms with E-state index in [9.17, 15) is 19.1 Å². The number of carboxylic acids is 1. The maximum absolute atomic E-state index is 14.0. The highest BCUT2D eigenvalue weighted by Crippen LogP contribution is 2.34. The SMILES string of the molecule is O=C(O)c1cc(F)c(Br)c2cc(CN3Cc4cccn5ncc(c45)C3=O)oc12. The zero-order valence-corrected chi connectivity index (χ0v) is 15.7. The predicted octanol–water partition coefficient (Wildman–Crippen LogP) is 3.84. The van der Waals surface area contributed by atoms with Crippen LogP contribution in [0, 0.1) is 5.82 Å². The Morgan fingerprint density at radius 1 is 1.39 bits per heavy atom. The Morgan fingerprint density at radius 2 is 2.21 bits per heavy atom. The van der Waals surface area contributed by atoms with E-state index >= 15 is 0 Å². The Morgan fingerprint density at radius 3 is 3.00 bits per heavy atom. The van der Waals surface area contributed by atoms with Crippen molar-refractivity contribution in [3.63, 3.8) is 0 Å². The molecule has 5 rings (SSSR count). The van der Waals surface area contributed by atoms with Crippen LogP contribution < -0.4 is 0 Å². The van der Waals surface area contributed by atoms with Crippen LogP contribution in [-0.4, -0.2) is 31.5 Å². The molecule has 4 aromatic rings. The van der Waals surface area contributed by atoms with Crippen LogP contribution in [0.15, 0.2) is 45.5 Å². The number of carbonyl (C=O) groups excluding carboxylic acids is 1. The fourth-order valence-corrected chi connectivity index (χ4v) is 4.00. The summed E-state index contributed by atoms with van der Waals surface area (Å²) >= 11 is 3.13. The van der Waals surface area contributed by atoms with Crippen LogP contribution in [0.1, 0.15) is 32.0 Å². The van der Waals surface area contributed by atoms with Crippen LogP contribution in [0.4, 0.5) is 4.39 Å². The van der Waals surface area contributed by atoms with Gasteiger partial charge in [0.2, 0.25) is 0 Å². The number of furan rings is 1. The largest absolute Gasteiger partial charge is 0.478 e. The molecule has 0 fully saturated rings. The van der Waals surface area contributed by atoms with Gasteiger partial charge < -0.3 is 14.4 Å². The Balaban J connectivity index is 1.56. The lowest BCUT2D eigenvalue weighted by Gasteiger charge is -2.25. The molecule has 1 aromatic carbocycles. The van der Waals surface area contributed by atoms with Gasteiger partial charge in [0.05, 0.1) is 28.3 Å². The van der Waals surface area contributed by atoms with Gasteiger partial charge in [-0.25, -0.2) is 13.7 Å². The van der Waals surface area contributed by atoms with E-state index in [1.807, 2.05) is 12.1 Å². The van der Waals surface area contributed by atoms with Gasteiger partial charge in [-0.1, -0.05) is 6.07 Å². The standard InChI is InChI=1S/C19H11BrFN3O4/c20-15-11-4-10(28-17(11)12(19(26)27)5-14(15)21)8-23-7-9-2-1-3-24-16(9)13(6-22-24)18(23)25/h1-6H,7-8H2,(H,26,27). The molecule has 140 valence electrons. The van der Waals surface area contributed by atoms with E-state index in [0.717, 1.165) is 17.1 Å². The maximum atomic E-state index is 14.0. The van der Waals surface area contributed by atoms with Crippen LogP contribution >= 0.6 is 15.9 Å². The molecule has 0 saturated heterocycles. The second-order valence-corrected chi connectivity index (χ2v) is 7.32. The zero-order valence-electron chi connectivity index (χ0n) is 14.1. The van der Waals surface area contributed by atoms with Crippen molar-refractivity contribution < 1.29 is 23.5 Å². The van der Waals surface area contributed by atoms with E-state index < -0.39 is 11.8 Å². The summed E-state index contributed by atoms with van der Waals surface area (Å²) in [6.45, 7) is 0.479. The molecular formula is C19H11BrFN3O4. The number of nitrogens with zero attached hydrogens (tertiary/aromatic N) is 3. The number of pyridine rings is 1. The number of benzene rings is 1. The highest BCUT2D eigenvalue weighted by atomic mass is 79.9. The lowest BCUT2D eigenvalue weighted by molar-refractivity contribution is 0.0689. The lowest BCUT2D eigenvalue weighted by Crippen LogP contribution is -2.33. The van der Waals surface area contributed by atoms with Gasteiger partial charge in [-0.15, -0.1) is 0 Å². The second kappa shape index (κ2) is 5.90. The number of rotatable bonds is 3. The first kappa shape index (κ1) is 16.9. The Hall–Kier alpha value is -3.20. The molecule has 0 bridgehead atoms. The molecule has 7 nitrogen and oxygen atoms in total. The number of aromatic carboxylic acids is 1. The molecule has 3 aromatic heterocycles. The van der Waals surface area contributed by atoms with Crippen molar-refractivity contribution in [2.45, 2.75) is 13.1 Å². The lowest BCUT2D eigenvalue weighted by atomic mass is 10.1. The van der Waals surface area contributed by atoms with Crippen molar-refractivity contribution in [1.82, 2.24) is 14.5 Å². The Labute approximate surface area is 165 Å². The van der Waals surface area contributed by atoms with Crippen molar-refractivity contribution in [3.05, 3.63) is 69.4 Å². The van der Waals surface area contributed by atoms with Crippen molar-refractivity contribution in [2.24, 2.45) is 0 Å². The molecule has 9 heteroatoms. The number of hydrogen-bond donors (Lipinski definition) is 1. The van der Waals surface area contributed by atoms with Crippen LogP contribution in [0.2, 0.25) is 0 Å². The van der Waals surface area contributed by atoms with Crippen molar-refractivity contribution >= 4 is 44.3 Å². The summed E-state index contributed by atoms with van der Waals surface area (Å²) in [5.41, 5.74) is 2.02. The minimum atomic E-state index is -1.29. The molecule has 1 amide bonds. The summed E-state index contributed by atoms with van der Waals surface area (Å²) in [5.74, 6) is -1.82. The Kier molecular flexibility index (Phi) is 3.57. The smallest absolute Gasteiger partial charge is 0.339 e. The summed E-state index contributed by atoms with van der Waals surface area (Å²) in [5, 5.41) is 13.8. The molecule has 1 aliphatic rings. The molecule has 4 heterocycles. The van der Waals surface area contributed by atoms with Crippen LogP contribution in [-0.2, 0) is 13.1 Å². The third kappa shape index (κ3) is 2.36. The van der Waals surface area contributed by atoms with E-state index in [1.165, 1.54) is 6.20 Å². The Bertz CT molecular complexity index is 1310. The van der Waals surface area contributed by atoms with E-state index in [4.69, 9.17) is 4.42 Å². The topological polar surface area (TPSA) is 88.0 Å². The number of aromatic nitrogens is 2. The predicted molar refractivity (Wildman–Crippen MR) is 99.6 cm³/mol. The molecule has 0 atom stereocenters. The molecular weight excluding hydrogens is 433 g/mol. The van der Waals surface area contributed by atoms with E-state index in [-0.39, 0.29) is 28.1 Å². The van der Waals surface area contributed by atoms with Gasteiger partial charge in [-0.3, -0.25) is 4.79 Å². The number of carboxylic acid groups (broad SMARTS) is 1. The van der Waals surface area contributed by atoms with Gasteiger partial charge in [-0.2, -0.15) is 5.10 Å². The van der Waals surface area contributed by atoms with Gasteiger partial charge in [0.15, 0.2) is 0 Å². The van der Waals surface area contributed by atoms with Crippen molar-refractivity contribution in [3.8, 4) is 0 Å². The minimum absolute atomic E-state index is 0.0635. The van der Waals surface area contributed by atoms with Crippen molar-refractivity contribution in [1.29, 1.82) is 0 Å². The molecule has 0 spiro atoms. The quantitative estimate of drug-likeness (QED) is 0.519. The molecule has 0 saturated carbocycles. The molecule has 0 aliphatic carbocycles. The number of amides is 1. The monoisotopic (exact) mass is 443 g/mol. The first-order valence-corrected chi connectivity index (χ1v) is 9.11. The fraction of sp³-hybridized carbons (Fsp3) is 0.105. The summed E-state index contributed by atoms with van der Waals surface area (Å²) in [4.78, 5) is 25.9. The maximum Gasteiger partial charge on any atom is 0.339 e. The van der Waals surface area contributed by atoms with Gasteiger partial charge >= 0.3 is 5.97 Å². The third-order valence-corrected chi connectivity index (χ3v) is 5.63. The van der Waals surface area contributed by atoms with E-state index in [2.05, 4.69) is 21.0 Å². The van der Waals surface area contributed by atoms with Crippen molar-refractivity contribution in [2.75, 3.05) is 0 Å². The van der Waals surface area contributed by atoms with E-state index in [0.29, 0.717) is 23.3 Å². The molecule has 1 aliphatic heterocycles. The molecule has 28 heavy (non-hydrogen) atoms.